The summed E-state index contributed by atoms with van der Waals surface area (Å²) < 4.78 is 26.2. The fourth-order valence-corrected chi connectivity index (χ4v) is 2.28. The van der Waals surface area contributed by atoms with Gasteiger partial charge in [-0.15, -0.1) is 0 Å². The maximum Gasteiger partial charge on any atom is 0.259 e. The molecular weight excluding hydrogens is 326 g/mol. The molecule has 1 amide bonds. The molecule has 0 spiro atoms. The Kier molecular flexibility index (Phi) is 5.94. The second-order valence-corrected chi connectivity index (χ2v) is 4.96. The van der Waals surface area contributed by atoms with Gasteiger partial charge in [-0.3, -0.25) is 4.79 Å². The number of nitrogens with one attached hydrogen (secondary N) is 1. The minimum absolute atomic E-state index is 0.307. The second kappa shape index (κ2) is 8.14. The van der Waals surface area contributed by atoms with E-state index in [1.165, 1.54) is 35.5 Å². The number of carbonyl (C=O) groups excluding carboxylic acids is 1. The van der Waals surface area contributed by atoms with E-state index in [0.717, 1.165) is 0 Å². The molecule has 0 atom stereocenters. The van der Waals surface area contributed by atoms with Crippen LogP contribution in [0.3, 0.4) is 0 Å². The molecular formula is C18H21NO6. The highest BCUT2D eigenvalue weighted by Gasteiger charge is 2.18. The zero-order chi connectivity index (χ0) is 18.4. The Morgan fingerprint density at radius 2 is 1.20 bits per heavy atom. The van der Waals surface area contributed by atoms with Crippen LogP contribution in [-0.2, 0) is 0 Å². The predicted molar refractivity (Wildman–Crippen MR) is 93.6 cm³/mol. The van der Waals surface area contributed by atoms with Gasteiger partial charge in [0, 0.05) is 36.0 Å². The zero-order valence-corrected chi connectivity index (χ0v) is 14.8. The molecule has 0 saturated heterocycles. The second-order valence-electron chi connectivity index (χ2n) is 4.96. The van der Waals surface area contributed by atoms with E-state index >= 15 is 0 Å². The van der Waals surface area contributed by atoms with Crippen molar-refractivity contribution in [3.63, 3.8) is 0 Å². The van der Waals surface area contributed by atoms with Gasteiger partial charge >= 0.3 is 0 Å². The van der Waals surface area contributed by atoms with Crippen LogP contribution in [0.15, 0.2) is 30.3 Å². The first-order valence-electron chi connectivity index (χ1n) is 7.40. The van der Waals surface area contributed by atoms with Gasteiger partial charge in [-0.25, -0.2) is 0 Å². The van der Waals surface area contributed by atoms with Gasteiger partial charge in [0.05, 0.1) is 41.1 Å². The Morgan fingerprint density at radius 1 is 0.680 bits per heavy atom. The summed E-state index contributed by atoms with van der Waals surface area (Å²) in [5.74, 6) is 2.02. The maximum absolute atomic E-state index is 12.7. The summed E-state index contributed by atoms with van der Waals surface area (Å²) in [6.07, 6.45) is 0. The number of hydrogen-bond donors (Lipinski definition) is 1. The van der Waals surface area contributed by atoms with Gasteiger partial charge in [0.15, 0.2) is 11.5 Å². The maximum atomic E-state index is 12.7. The summed E-state index contributed by atoms with van der Waals surface area (Å²) >= 11 is 0. The van der Waals surface area contributed by atoms with Crippen molar-refractivity contribution in [2.75, 3.05) is 40.9 Å². The minimum Gasteiger partial charge on any atom is -0.497 e. The molecule has 0 heterocycles. The van der Waals surface area contributed by atoms with E-state index in [-0.39, 0.29) is 5.91 Å². The lowest BCUT2D eigenvalue weighted by Gasteiger charge is -2.14. The molecule has 0 unspecified atom stereocenters. The van der Waals surface area contributed by atoms with Crippen LogP contribution < -0.4 is 29.0 Å². The average molecular weight is 347 g/mol. The van der Waals surface area contributed by atoms with Crippen molar-refractivity contribution in [3.8, 4) is 28.7 Å². The first-order chi connectivity index (χ1) is 12.1. The molecule has 0 aliphatic rings. The summed E-state index contributed by atoms with van der Waals surface area (Å²) in [7, 11) is 7.57. The molecule has 0 aromatic heterocycles. The molecule has 25 heavy (non-hydrogen) atoms. The van der Waals surface area contributed by atoms with Gasteiger partial charge in [-0.05, 0) is 0 Å². The lowest BCUT2D eigenvalue weighted by molar-refractivity contribution is 0.102. The van der Waals surface area contributed by atoms with Crippen LogP contribution in [0.5, 0.6) is 28.7 Å². The topological polar surface area (TPSA) is 75.3 Å². The standard InChI is InChI=1S/C18H21NO6/c1-21-12-6-11(7-13(8-12)22-2)19-18(20)14-9-16(24-4)17(25-5)10-15(14)23-3/h6-10H,1-5H3,(H,19,20). The molecule has 7 nitrogen and oxygen atoms in total. The third-order valence-electron chi connectivity index (χ3n) is 3.56. The number of anilines is 1. The fraction of sp³-hybridized carbons (Fsp3) is 0.278. The Bertz CT molecular complexity index is 737. The normalized spacial score (nSPS) is 9.96. The van der Waals surface area contributed by atoms with Crippen molar-refractivity contribution in [2.24, 2.45) is 0 Å². The lowest BCUT2D eigenvalue weighted by atomic mass is 10.1. The zero-order valence-electron chi connectivity index (χ0n) is 14.8. The van der Waals surface area contributed by atoms with Gasteiger partial charge in [0.2, 0.25) is 0 Å². The highest BCUT2D eigenvalue weighted by atomic mass is 16.5. The van der Waals surface area contributed by atoms with Crippen LogP contribution in [-0.4, -0.2) is 41.5 Å². The summed E-state index contributed by atoms with van der Waals surface area (Å²) in [5.41, 5.74) is 0.833. The lowest BCUT2D eigenvalue weighted by Crippen LogP contribution is -2.14. The highest BCUT2D eigenvalue weighted by Crippen LogP contribution is 2.35. The molecule has 2 aromatic carbocycles. The van der Waals surface area contributed by atoms with E-state index in [1.807, 2.05) is 0 Å². The van der Waals surface area contributed by atoms with Crippen molar-refractivity contribution in [3.05, 3.63) is 35.9 Å². The van der Waals surface area contributed by atoms with Gasteiger partial charge in [0.1, 0.15) is 17.2 Å². The summed E-state index contributed by atoms with van der Waals surface area (Å²) in [6, 6.07) is 8.25. The number of rotatable bonds is 7. The number of methoxy groups -OCH3 is 5. The first-order valence-corrected chi connectivity index (χ1v) is 7.40. The summed E-state index contributed by atoms with van der Waals surface area (Å²) in [4.78, 5) is 12.7. The van der Waals surface area contributed by atoms with E-state index in [0.29, 0.717) is 40.0 Å². The SMILES string of the molecule is COc1cc(NC(=O)c2cc(OC)c(OC)cc2OC)cc(OC)c1. The molecule has 0 radical (unpaired) electrons. The van der Waals surface area contributed by atoms with Gasteiger partial charge in [0.25, 0.3) is 5.91 Å². The molecule has 0 fully saturated rings. The van der Waals surface area contributed by atoms with E-state index < -0.39 is 0 Å². The molecule has 2 rings (SSSR count). The number of benzene rings is 2. The summed E-state index contributed by atoms with van der Waals surface area (Å²) in [6.45, 7) is 0. The highest BCUT2D eigenvalue weighted by molar-refractivity contribution is 6.07. The number of carbonyl (C=O) groups is 1. The number of hydrogen-bond acceptors (Lipinski definition) is 6. The Labute approximate surface area is 146 Å². The average Bonchev–Trinajstić information content (AvgIpc) is 2.66. The predicted octanol–water partition coefficient (Wildman–Crippen LogP) is 2.98. The fourth-order valence-electron chi connectivity index (χ4n) is 2.28. The van der Waals surface area contributed by atoms with E-state index in [2.05, 4.69) is 5.32 Å². The van der Waals surface area contributed by atoms with Crippen LogP contribution in [0.2, 0.25) is 0 Å². The van der Waals surface area contributed by atoms with Gasteiger partial charge in [-0.2, -0.15) is 0 Å². The van der Waals surface area contributed by atoms with Crippen LogP contribution in [0, 0.1) is 0 Å². The first kappa shape index (κ1) is 18.3. The monoisotopic (exact) mass is 347 g/mol. The number of amides is 1. The Balaban J connectivity index is 2.38. The van der Waals surface area contributed by atoms with E-state index in [9.17, 15) is 4.79 Å². The van der Waals surface area contributed by atoms with Crippen molar-refractivity contribution >= 4 is 11.6 Å². The smallest absolute Gasteiger partial charge is 0.259 e. The molecule has 2 aromatic rings. The largest absolute Gasteiger partial charge is 0.497 e. The third-order valence-corrected chi connectivity index (χ3v) is 3.56. The van der Waals surface area contributed by atoms with Crippen molar-refractivity contribution in [2.45, 2.75) is 0 Å². The number of ether oxygens (including phenoxy) is 5. The molecule has 0 aliphatic heterocycles. The van der Waals surface area contributed by atoms with Crippen molar-refractivity contribution in [1.82, 2.24) is 0 Å². The van der Waals surface area contributed by atoms with Crippen LogP contribution in [0.25, 0.3) is 0 Å². The van der Waals surface area contributed by atoms with Crippen LogP contribution in [0.1, 0.15) is 10.4 Å². The van der Waals surface area contributed by atoms with Gasteiger partial charge in [-0.1, -0.05) is 0 Å². The molecule has 7 heteroatoms. The van der Waals surface area contributed by atoms with E-state index in [4.69, 9.17) is 23.7 Å². The molecule has 0 aliphatic carbocycles. The van der Waals surface area contributed by atoms with Crippen LogP contribution in [0.4, 0.5) is 5.69 Å². The third kappa shape index (κ3) is 4.06. The van der Waals surface area contributed by atoms with E-state index in [1.54, 1.807) is 30.3 Å². The molecule has 0 bridgehead atoms. The van der Waals surface area contributed by atoms with Crippen molar-refractivity contribution < 1.29 is 28.5 Å². The summed E-state index contributed by atoms with van der Waals surface area (Å²) in [5, 5.41) is 2.80. The van der Waals surface area contributed by atoms with Crippen molar-refractivity contribution in [1.29, 1.82) is 0 Å². The molecule has 1 N–H and O–H groups in total. The molecule has 0 saturated carbocycles. The van der Waals surface area contributed by atoms with Gasteiger partial charge < -0.3 is 29.0 Å². The van der Waals surface area contributed by atoms with Crippen LogP contribution >= 0.6 is 0 Å². The Morgan fingerprint density at radius 3 is 1.68 bits per heavy atom. The Hall–Kier alpha value is -3.09. The minimum atomic E-state index is -0.367. The molecule has 134 valence electrons. The quantitative estimate of drug-likeness (QED) is 0.830.